The van der Waals surface area contributed by atoms with Gasteiger partial charge in [-0.15, -0.1) is 11.3 Å². The molecule has 1 aromatic rings. The Kier molecular flexibility index (Phi) is 13.3. The first kappa shape index (κ1) is 30.5. The molecule has 0 fully saturated rings. The lowest BCUT2D eigenvalue weighted by Gasteiger charge is -2.14. The molecule has 202 valence electrons. The van der Waals surface area contributed by atoms with E-state index >= 15 is 0 Å². The third-order valence-electron chi connectivity index (χ3n) is 5.92. The van der Waals surface area contributed by atoms with E-state index in [2.05, 4.69) is 73.2 Å². The molecule has 0 saturated heterocycles. The highest BCUT2D eigenvalue weighted by Gasteiger charge is 2.13. The van der Waals surface area contributed by atoms with Crippen molar-refractivity contribution in [2.75, 3.05) is 20.6 Å². The molecular weight excluding hydrogens is 480 g/mol. The Labute approximate surface area is 227 Å². The van der Waals surface area contributed by atoms with Crippen LogP contribution in [0.4, 0.5) is 0 Å². The number of amides is 2. The van der Waals surface area contributed by atoms with E-state index in [-0.39, 0.29) is 23.9 Å². The molecule has 0 aliphatic carbocycles. The van der Waals surface area contributed by atoms with Crippen LogP contribution in [0.3, 0.4) is 0 Å². The average Bonchev–Trinajstić information content (AvgIpc) is 3.25. The quantitative estimate of drug-likeness (QED) is 0.513. The van der Waals surface area contributed by atoms with Crippen molar-refractivity contribution in [2.24, 2.45) is 0 Å². The predicted octanol–water partition coefficient (Wildman–Crippen LogP) is 5.30. The molecular formula is C30H44N4O2S. The topological polar surface area (TPSA) is 74.3 Å². The number of carbonyl (C=O) groups excluding carboxylic acids is 2. The molecule has 0 spiro atoms. The van der Waals surface area contributed by atoms with Crippen LogP contribution in [0.15, 0.2) is 64.6 Å². The average molecular weight is 525 g/mol. The number of hydrogen-bond donors (Lipinski definition) is 2. The molecule has 7 heteroatoms. The van der Waals surface area contributed by atoms with Crippen LogP contribution in [0, 0.1) is 0 Å². The third kappa shape index (κ3) is 13.4. The van der Waals surface area contributed by atoms with Crippen molar-refractivity contribution in [1.29, 1.82) is 0 Å². The second-order valence-electron chi connectivity index (χ2n) is 10.3. The van der Waals surface area contributed by atoms with Crippen LogP contribution < -0.4 is 10.6 Å². The van der Waals surface area contributed by atoms with Crippen molar-refractivity contribution in [3.63, 3.8) is 0 Å². The molecule has 1 aliphatic rings. The number of carbonyl (C=O) groups is 2. The van der Waals surface area contributed by atoms with Gasteiger partial charge in [-0.05, 0) is 67.5 Å². The van der Waals surface area contributed by atoms with Crippen LogP contribution >= 0.6 is 11.3 Å². The van der Waals surface area contributed by atoms with E-state index in [1.165, 1.54) is 5.57 Å². The molecule has 1 aromatic heterocycles. The fraction of sp³-hybridized carbons (Fsp3) is 0.500. The molecule has 2 bridgehead atoms. The van der Waals surface area contributed by atoms with Gasteiger partial charge in [0.2, 0.25) is 11.8 Å². The summed E-state index contributed by atoms with van der Waals surface area (Å²) < 4.78 is 0. The number of nitrogens with zero attached hydrogens (tertiary/aromatic N) is 2. The molecule has 2 rings (SSSR count). The van der Waals surface area contributed by atoms with Gasteiger partial charge in [0, 0.05) is 36.9 Å². The summed E-state index contributed by atoms with van der Waals surface area (Å²) in [7, 11) is 4.10. The standard InChI is InChI=1S/C30H44N4O2S/c1-22(16-17-34(5)6)14-15-24(3)19-27-20-30-33-26(21-37-30)11-7-8-12-28(35)31-25(4)18-23(2)10-9-13-29(36)32-27/h9-10,13-16,19,21,25,27H,7-8,11-12,17-18,20H2,1-6H3,(H,31,35)(H,32,36)/b13-9-,15-14+,22-16+,23-10+,24-19+. The second kappa shape index (κ2) is 16.2. The summed E-state index contributed by atoms with van der Waals surface area (Å²) in [6.07, 6.45) is 18.3. The molecule has 6 nitrogen and oxygen atoms in total. The Morgan fingerprint density at radius 1 is 1.11 bits per heavy atom. The van der Waals surface area contributed by atoms with E-state index in [0.29, 0.717) is 12.8 Å². The Hall–Kier alpha value is -2.77. The van der Waals surface area contributed by atoms with Crippen LogP contribution in [-0.4, -0.2) is 54.4 Å². The van der Waals surface area contributed by atoms with Gasteiger partial charge in [0.05, 0.1) is 16.7 Å². The fourth-order valence-corrected chi connectivity index (χ4v) is 4.89. The van der Waals surface area contributed by atoms with E-state index in [1.54, 1.807) is 23.5 Å². The number of aryl methyl sites for hydroxylation is 1. The van der Waals surface area contributed by atoms with E-state index in [0.717, 1.165) is 54.1 Å². The van der Waals surface area contributed by atoms with Gasteiger partial charge in [0.25, 0.3) is 0 Å². The van der Waals surface area contributed by atoms with Crippen LogP contribution in [0.1, 0.15) is 64.1 Å². The highest BCUT2D eigenvalue weighted by atomic mass is 32.1. The second-order valence-corrected chi connectivity index (χ2v) is 11.2. The van der Waals surface area contributed by atoms with Crippen molar-refractivity contribution in [2.45, 2.75) is 78.3 Å². The van der Waals surface area contributed by atoms with Crippen molar-refractivity contribution in [1.82, 2.24) is 20.5 Å². The summed E-state index contributed by atoms with van der Waals surface area (Å²) in [5, 5.41) is 9.31. The molecule has 2 atom stereocenters. The first-order valence-electron chi connectivity index (χ1n) is 13.2. The van der Waals surface area contributed by atoms with Crippen molar-refractivity contribution < 1.29 is 9.59 Å². The molecule has 0 radical (unpaired) electrons. The highest BCUT2D eigenvalue weighted by molar-refractivity contribution is 7.09. The maximum atomic E-state index is 12.7. The van der Waals surface area contributed by atoms with E-state index < -0.39 is 0 Å². The maximum Gasteiger partial charge on any atom is 0.244 e. The van der Waals surface area contributed by atoms with Crippen LogP contribution in [0.5, 0.6) is 0 Å². The number of aromatic nitrogens is 1. The van der Waals surface area contributed by atoms with Gasteiger partial charge in [0.15, 0.2) is 0 Å². The number of likely N-dealkylation sites (N-methyl/N-ethyl adjacent to an activating group) is 1. The van der Waals surface area contributed by atoms with Crippen LogP contribution in [0.2, 0.25) is 0 Å². The molecule has 37 heavy (non-hydrogen) atoms. The van der Waals surface area contributed by atoms with E-state index in [9.17, 15) is 9.59 Å². The Balaban J connectivity index is 2.21. The summed E-state index contributed by atoms with van der Waals surface area (Å²) in [5.74, 6) is -0.0466. The summed E-state index contributed by atoms with van der Waals surface area (Å²) in [5.41, 5.74) is 4.45. The highest BCUT2D eigenvalue weighted by Crippen LogP contribution is 2.16. The number of hydrogen-bond acceptors (Lipinski definition) is 5. The predicted molar refractivity (Wildman–Crippen MR) is 156 cm³/mol. The molecule has 2 N–H and O–H groups in total. The Morgan fingerprint density at radius 2 is 1.84 bits per heavy atom. The number of allylic oxidation sites excluding steroid dienone is 6. The zero-order valence-electron chi connectivity index (χ0n) is 23.3. The lowest BCUT2D eigenvalue weighted by atomic mass is 10.1. The SMILES string of the molecule is CC(/C=C/C(C)=C/C1Cc2nc(cs2)CCCCC(=O)NC(C)C/C(C)=C/C=C\C(=O)N1)=C\CN(C)C. The van der Waals surface area contributed by atoms with E-state index in [4.69, 9.17) is 4.98 Å². The molecule has 2 unspecified atom stereocenters. The first-order valence-corrected chi connectivity index (χ1v) is 14.0. The summed E-state index contributed by atoms with van der Waals surface area (Å²) in [6.45, 7) is 9.08. The van der Waals surface area contributed by atoms with Gasteiger partial charge in [-0.1, -0.05) is 53.2 Å². The van der Waals surface area contributed by atoms with Crippen molar-refractivity contribution in [3.05, 3.63) is 75.3 Å². The third-order valence-corrected chi connectivity index (χ3v) is 6.84. The van der Waals surface area contributed by atoms with Gasteiger partial charge in [-0.2, -0.15) is 0 Å². The van der Waals surface area contributed by atoms with E-state index in [1.807, 2.05) is 19.9 Å². The zero-order valence-corrected chi connectivity index (χ0v) is 24.2. The minimum Gasteiger partial charge on any atom is -0.353 e. The smallest absolute Gasteiger partial charge is 0.244 e. The minimum atomic E-state index is -0.166. The van der Waals surface area contributed by atoms with Crippen LogP contribution in [-0.2, 0) is 22.4 Å². The number of nitrogens with one attached hydrogen (secondary N) is 2. The summed E-state index contributed by atoms with van der Waals surface area (Å²) in [6, 6.07) is -0.109. The van der Waals surface area contributed by atoms with Crippen molar-refractivity contribution >= 4 is 23.2 Å². The van der Waals surface area contributed by atoms with Gasteiger partial charge in [-0.3, -0.25) is 9.59 Å². The van der Waals surface area contributed by atoms with Gasteiger partial charge >= 0.3 is 0 Å². The minimum absolute atomic E-state index is 0.0565. The lowest BCUT2D eigenvalue weighted by molar-refractivity contribution is -0.121. The zero-order chi connectivity index (χ0) is 27.2. The number of fused-ring (bicyclic) bond motifs is 2. The normalized spacial score (nSPS) is 24.0. The lowest BCUT2D eigenvalue weighted by Crippen LogP contribution is -2.34. The molecule has 2 amide bonds. The number of rotatable bonds is 5. The fourth-order valence-electron chi connectivity index (χ4n) is 4.00. The van der Waals surface area contributed by atoms with Gasteiger partial charge < -0.3 is 15.5 Å². The Bertz CT molecular complexity index is 1050. The molecule has 0 aromatic carbocycles. The number of thiazole rings is 1. The van der Waals surface area contributed by atoms with Gasteiger partial charge in [0.1, 0.15) is 0 Å². The summed E-state index contributed by atoms with van der Waals surface area (Å²) >= 11 is 1.63. The van der Waals surface area contributed by atoms with Crippen LogP contribution in [0.25, 0.3) is 0 Å². The monoisotopic (exact) mass is 524 g/mol. The summed E-state index contributed by atoms with van der Waals surface area (Å²) in [4.78, 5) is 31.9. The maximum absolute atomic E-state index is 12.7. The van der Waals surface area contributed by atoms with Crippen molar-refractivity contribution in [3.8, 4) is 0 Å². The Morgan fingerprint density at radius 3 is 2.59 bits per heavy atom. The molecule has 1 aliphatic heterocycles. The van der Waals surface area contributed by atoms with Gasteiger partial charge in [-0.25, -0.2) is 4.98 Å². The molecule has 0 saturated carbocycles. The molecule has 2 heterocycles. The first-order chi connectivity index (χ1) is 17.6. The largest absolute Gasteiger partial charge is 0.353 e.